The Kier molecular flexibility index (Phi) is 7.29. The van der Waals surface area contributed by atoms with Gasteiger partial charge in [-0.3, -0.25) is 4.98 Å². The third-order valence-corrected chi connectivity index (χ3v) is 8.43. The van der Waals surface area contributed by atoms with E-state index in [1.54, 1.807) is 45.6 Å². The van der Waals surface area contributed by atoms with Crippen LogP contribution in [0.1, 0.15) is 69.8 Å². The molecule has 1 aromatic heterocycles. The van der Waals surface area contributed by atoms with E-state index in [2.05, 4.69) is 29.1 Å². The van der Waals surface area contributed by atoms with Gasteiger partial charge in [-0.05, 0) is 131 Å². The molecular weight excluding hydrogens is 356 g/mol. The fraction of sp³-hybridized carbons (Fsp3) is 0.808. The van der Waals surface area contributed by atoms with E-state index in [9.17, 15) is 0 Å². The SMILES string of the molecule is COCCN(C)CCC(CCc1ccncc1)CCC12CC3CC(CC(C3)C1)C2. The van der Waals surface area contributed by atoms with Gasteiger partial charge in [0.2, 0.25) is 0 Å². The van der Waals surface area contributed by atoms with Gasteiger partial charge < -0.3 is 9.64 Å². The Morgan fingerprint density at radius 1 is 1.00 bits per heavy atom. The lowest BCUT2D eigenvalue weighted by molar-refractivity contribution is -0.0603. The van der Waals surface area contributed by atoms with Crippen molar-refractivity contribution in [2.45, 2.75) is 70.6 Å². The zero-order valence-electron chi connectivity index (χ0n) is 18.8. The summed E-state index contributed by atoms with van der Waals surface area (Å²) in [6, 6.07) is 4.39. The first-order valence-electron chi connectivity index (χ1n) is 12.2. The normalized spacial score (nSPS) is 31.5. The summed E-state index contributed by atoms with van der Waals surface area (Å²) < 4.78 is 5.26. The zero-order chi connectivity index (χ0) is 20.1. The van der Waals surface area contributed by atoms with Crippen LogP contribution in [-0.4, -0.2) is 43.7 Å². The highest BCUT2D eigenvalue weighted by molar-refractivity contribution is 5.09. The minimum Gasteiger partial charge on any atom is -0.383 e. The first kappa shape index (κ1) is 21.3. The molecule has 0 amide bonds. The fourth-order valence-corrected chi connectivity index (χ4v) is 7.22. The first-order valence-corrected chi connectivity index (χ1v) is 12.2. The summed E-state index contributed by atoms with van der Waals surface area (Å²) in [6.07, 6.45) is 20.1. The van der Waals surface area contributed by atoms with E-state index in [1.807, 2.05) is 12.4 Å². The molecule has 162 valence electrons. The summed E-state index contributed by atoms with van der Waals surface area (Å²) in [5.41, 5.74) is 2.18. The molecule has 4 fully saturated rings. The number of likely N-dealkylation sites (N-methyl/N-ethyl adjacent to an activating group) is 1. The topological polar surface area (TPSA) is 25.4 Å². The van der Waals surface area contributed by atoms with Crippen molar-refractivity contribution in [1.82, 2.24) is 9.88 Å². The Morgan fingerprint density at radius 2 is 1.66 bits per heavy atom. The molecule has 4 bridgehead atoms. The van der Waals surface area contributed by atoms with E-state index < -0.39 is 0 Å². The number of hydrogen-bond acceptors (Lipinski definition) is 3. The number of pyridine rings is 1. The van der Waals surface area contributed by atoms with Gasteiger partial charge in [-0.1, -0.05) is 0 Å². The van der Waals surface area contributed by atoms with E-state index >= 15 is 0 Å². The third-order valence-electron chi connectivity index (χ3n) is 8.43. The van der Waals surface area contributed by atoms with Gasteiger partial charge in [0, 0.05) is 26.0 Å². The number of rotatable bonds is 12. The molecule has 5 rings (SSSR count). The summed E-state index contributed by atoms with van der Waals surface area (Å²) in [7, 11) is 4.05. The predicted octanol–water partition coefficient (Wildman–Crippen LogP) is 5.60. The monoisotopic (exact) mass is 398 g/mol. The van der Waals surface area contributed by atoms with Crippen molar-refractivity contribution < 1.29 is 4.74 Å². The maximum Gasteiger partial charge on any atom is 0.0589 e. The maximum absolute atomic E-state index is 5.26. The smallest absolute Gasteiger partial charge is 0.0589 e. The summed E-state index contributed by atoms with van der Waals surface area (Å²) in [6.45, 7) is 3.08. The quantitative estimate of drug-likeness (QED) is 0.458. The predicted molar refractivity (Wildman–Crippen MR) is 120 cm³/mol. The van der Waals surface area contributed by atoms with Crippen molar-refractivity contribution in [2.24, 2.45) is 29.1 Å². The van der Waals surface area contributed by atoms with E-state index in [4.69, 9.17) is 4.74 Å². The molecule has 1 aromatic rings. The number of ether oxygens (including phenoxy) is 1. The third kappa shape index (κ3) is 5.82. The fourth-order valence-electron chi connectivity index (χ4n) is 7.22. The number of nitrogens with zero attached hydrogens (tertiary/aromatic N) is 2. The second kappa shape index (κ2) is 9.92. The average molecular weight is 399 g/mol. The Labute approximate surface area is 178 Å². The molecule has 4 saturated carbocycles. The molecule has 0 N–H and O–H groups in total. The van der Waals surface area contributed by atoms with Crippen LogP contribution in [0.25, 0.3) is 0 Å². The highest BCUT2D eigenvalue weighted by atomic mass is 16.5. The lowest BCUT2D eigenvalue weighted by Gasteiger charge is -2.57. The van der Waals surface area contributed by atoms with Gasteiger partial charge in [0.1, 0.15) is 0 Å². The number of aryl methyl sites for hydroxylation is 1. The maximum atomic E-state index is 5.26. The Morgan fingerprint density at radius 3 is 2.28 bits per heavy atom. The van der Waals surface area contributed by atoms with E-state index in [0.29, 0.717) is 0 Å². The van der Waals surface area contributed by atoms with Crippen LogP contribution >= 0.6 is 0 Å². The van der Waals surface area contributed by atoms with Gasteiger partial charge in [0.15, 0.2) is 0 Å². The van der Waals surface area contributed by atoms with Crippen molar-refractivity contribution in [3.05, 3.63) is 30.1 Å². The van der Waals surface area contributed by atoms with Gasteiger partial charge in [0.05, 0.1) is 6.61 Å². The molecule has 1 unspecified atom stereocenters. The van der Waals surface area contributed by atoms with Crippen molar-refractivity contribution in [3.63, 3.8) is 0 Å². The highest BCUT2D eigenvalue weighted by Crippen LogP contribution is 2.61. The van der Waals surface area contributed by atoms with E-state index in [0.717, 1.165) is 42.2 Å². The van der Waals surface area contributed by atoms with Crippen LogP contribution in [0.3, 0.4) is 0 Å². The molecule has 4 aliphatic carbocycles. The first-order chi connectivity index (χ1) is 14.1. The Bertz CT molecular complexity index is 581. The lowest BCUT2D eigenvalue weighted by atomic mass is 9.48. The molecular formula is C26H42N2O. The lowest BCUT2D eigenvalue weighted by Crippen LogP contribution is -2.46. The largest absolute Gasteiger partial charge is 0.383 e. The van der Waals surface area contributed by atoms with Gasteiger partial charge >= 0.3 is 0 Å². The molecule has 3 nitrogen and oxygen atoms in total. The molecule has 1 heterocycles. The summed E-state index contributed by atoms with van der Waals surface area (Å²) in [5, 5.41) is 0. The standard InChI is InChI=1S/C26H42N2O/c1-28(13-14-29-2)12-8-21(3-4-22-6-10-27-11-7-22)5-9-26-18-23-15-24(19-26)17-25(16-23)20-26/h6-7,10-11,21,23-25H,3-5,8-9,12-20H2,1-2H3. The average Bonchev–Trinajstić information content (AvgIpc) is 2.71. The van der Waals surface area contributed by atoms with E-state index in [1.165, 1.54) is 44.2 Å². The molecule has 0 spiro atoms. The van der Waals surface area contributed by atoms with Gasteiger partial charge in [-0.15, -0.1) is 0 Å². The van der Waals surface area contributed by atoms with Crippen LogP contribution in [-0.2, 0) is 11.2 Å². The van der Waals surface area contributed by atoms with Gasteiger partial charge in [-0.2, -0.15) is 0 Å². The van der Waals surface area contributed by atoms with Crippen molar-refractivity contribution >= 4 is 0 Å². The van der Waals surface area contributed by atoms with E-state index in [-0.39, 0.29) is 0 Å². The number of methoxy groups -OCH3 is 1. The Balaban J connectivity index is 1.31. The van der Waals surface area contributed by atoms with Crippen LogP contribution in [0.15, 0.2) is 24.5 Å². The number of aromatic nitrogens is 1. The van der Waals surface area contributed by atoms with Crippen molar-refractivity contribution in [2.75, 3.05) is 33.9 Å². The summed E-state index contributed by atoms with van der Waals surface area (Å²) in [5.74, 6) is 4.09. The molecule has 29 heavy (non-hydrogen) atoms. The molecule has 4 aliphatic rings. The summed E-state index contributed by atoms with van der Waals surface area (Å²) >= 11 is 0. The minimum atomic E-state index is 0.728. The second-order valence-electron chi connectivity index (χ2n) is 10.8. The Hall–Kier alpha value is -0.930. The molecule has 0 aliphatic heterocycles. The van der Waals surface area contributed by atoms with Crippen LogP contribution < -0.4 is 0 Å². The zero-order valence-corrected chi connectivity index (χ0v) is 18.8. The second-order valence-corrected chi connectivity index (χ2v) is 10.8. The van der Waals surface area contributed by atoms with Crippen molar-refractivity contribution in [1.29, 1.82) is 0 Å². The minimum absolute atomic E-state index is 0.728. The van der Waals surface area contributed by atoms with Crippen LogP contribution in [0.4, 0.5) is 0 Å². The van der Waals surface area contributed by atoms with Crippen molar-refractivity contribution in [3.8, 4) is 0 Å². The molecule has 0 radical (unpaired) electrons. The highest BCUT2D eigenvalue weighted by Gasteiger charge is 2.50. The van der Waals surface area contributed by atoms with Gasteiger partial charge in [-0.25, -0.2) is 0 Å². The van der Waals surface area contributed by atoms with Crippen LogP contribution in [0.5, 0.6) is 0 Å². The van der Waals surface area contributed by atoms with Crippen LogP contribution in [0.2, 0.25) is 0 Å². The molecule has 3 heteroatoms. The molecule has 1 atom stereocenters. The summed E-state index contributed by atoms with van der Waals surface area (Å²) in [4.78, 5) is 6.64. The van der Waals surface area contributed by atoms with Gasteiger partial charge in [0.25, 0.3) is 0 Å². The number of hydrogen-bond donors (Lipinski definition) is 0. The van der Waals surface area contributed by atoms with Crippen LogP contribution in [0, 0.1) is 29.1 Å². The molecule has 0 saturated heterocycles. The molecule has 0 aromatic carbocycles.